The van der Waals surface area contributed by atoms with Crippen molar-refractivity contribution in [1.29, 1.82) is 0 Å². The molecule has 0 heterocycles. The first kappa shape index (κ1) is 31.8. The third-order valence-corrected chi connectivity index (χ3v) is 11.0. The maximum absolute atomic E-state index is 2.49. The zero-order chi connectivity index (χ0) is 34.5. The molecule has 0 bridgehead atoms. The van der Waals surface area contributed by atoms with Gasteiger partial charge in [0.15, 0.2) is 0 Å². The topological polar surface area (TPSA) is 3.24 Å². The van der Waals surface area contributed by atoms with Gasteiger partial charge in [-0.15, -0.1) is 0 Å². The number of anilines is 2. The van der Waals surface area contributed by atoms with Gasteiger partial charge in [0.1, 0.15) is 0 Å². The van der Waals surface area contributed by atoms with Crippen LogP contribution in [-0.4, -0.2) is 0 Å². The normalized spacial score (nSPS) is 16.4. The van der Waals surface area contributed by atoms with Crippen molar-refractivity contribution < 1.29 is 0 Å². The molecule has 0 radical (unpaired) electrons. The van der Waals surface area contributed by atoms with Crippen molar-refractivity contribution in [3.05, 3.63) is 202 Å². The summed E-state index contributed by atoms with van der Waals surface area (Å²) in [5.74, 6) is 0. The molecule has 0 saturated heterocycles. The maximum Gasteiger partial charge on any atom is 0.0716 e. The number of aryl methyl sites for hydroxylation is 1. The molecule has 6 aromatic rings. The third kappa shape index (κ3) is 5.07. The van der Waals surface area contributed by atoms with E-state index in [4.69, 9.17) is 0 Å². The third-order valence-electron chi connectivity index (χ3n) is 11.0. The summed E-state index contributed by atoms with van der Waals surface area (Å²) >= 11 is 0. The van der Waals surface area contributed by atoms with Crippen LogP contribution in [0.1, 0.15) is 67.5 Å². The Morgan fingerprint density at radius 2 is 1.26 bits per heavy atom. The van der Waals surface area contributed by atoms with E-state index in [2.05, 4.69) is 197 Å². The van der Waals surface area contributed by atoms with E-state index in [1.165, 1.54) is 78.3 Å². The molecule has 1 nitrogen and oxygen atoms in total. The molecule has 0 N–H and O–H groups in total. The summed E-state index contributed by atoms with van der Waals surface area (Å²) in [5, 5.41) is 0. The molecule has 0 aliphatic heterocycles. The van der Waals surface area contributed by atoms with Crippen LogP contribution in [-0.2, 0) is 11.8 Å². The molecule has 2 aliphatic carbocycles. The van der Waals surface area contributed by atoms with E-state index in [0.29, 0.717) is 0 Å². The number of para-hydroxylation sites is 1. The number of nitrogens with zero attached hydrogens (tertiary/aromatic N) is 1. The van der Waals surface area contributed by atoms with Gasteiger partial charge in [0.2, 0.25) is 0 Å². The van der Waals surface area contributed by atoms with E-state index in [0.717, 1.165) is 12.8 Å². The number of allylic oxidation sites excluding steroid dienone is 3. The molecule has 8 rings (SSSR count). The van der Waals surface area contributed by atoms with Gasteiger partial charge in [-0.05, 0) is 105 Å². The summed E-state index contributed by atoms with van der Waals surface area (Å²) in [4.78, 5) is 2.48. The Morgan fingerprint density at radius 1 is 0.600 bits per heavy atom. The first-order valence-electron chi connectivity index (χ1n) is 18.1. The Kier molecular flexibility index (Phi) is 7.95. The van der Waals surface area contributed by atoms with Gasteiger partial charge in [0, 0.05) is 23.5 Å². The maximum atomic E-state index is 2.49. The molecule has 0 saturated carbocycles. The van der Waals surface area contributed by atoms with E-state index >= 15 is 0 Å². The quantitative estimate of drug-likeness (QED) is 0.166. The number of hydrogen-bond donors (Lipinski definition) is 0. The second-order valence-corrected chi connectivity index (χ2v) is 14.8. The minimum atomic E-state index is -0.492. The number of benzene rings is 6. The van der Waals surface area contributed by atoms with Gasteiger partial charge in [-0.25, -0.2) is 0 Å². The molecule has 0 amide bonds. The Bertz CT molecular complexity index is 2250. The fourth-order valence-electron chi connectivity index (χ4n) is 8.53. The van der Waals surface area contributed by atoms with Gasteiger partial charge in [0.05, 0.1) is 5.41 Å². The fraction of sp³-hybridized carbons (Fsp3) is 0.184. The second kappa shape index (κ2) is 12.5. The van der Waals surface area contributed by atoms with Crippen molar-refractivity contribution in [3.8, 4) is 22.3 Å². The highest BCUT2D eigenvalue weighted by Gasteiger charge is 2.48. The zero-order valence-electron chi connectivity index (χ0n) is 29.9. The predicted octanol–water partition coefficient (Wildman–Crippen LogP) is 13.0. The molecule has 1 heteroatoms. The van der Waals surface area contributed by atoms with Crippen LogP contribution in [0, 0.1) is 12.3 Å². The van der Waals surface area contributed by atoms with Crippen LogP contribution < -0.4 is 4.90 Å². The van der Waals surface area contributed by atoms with Crippen LogP contribution in [0.2, 0.25) is 0 Å². The highest BCUT2D eigenvalue weighted by atomic mass is 15.1. The minimum absolute atomic E-state index is 0.114. The van der Waals surface area contributed by atoms with E-state index < -0.39 is 5.41 Å². The SMILES string of the molecule is CCc1c(-c2ccccc2)ccc2c1-c1ccccc1C2(c1ccccc1)c1cc(N(C2=CC=C(C(C)(C)C)C2)c2ccccc2)ccc1C. The summed E-state index contributed by atoms with van der Waals surface area (Å²) in [5.41, 5.74) is 18.1. The van der Waals surface area contributed by atoms with E-state index in [1.54, 1.807) is 0 Å². The summed E-state index contributed by atoms with van der Waals surface area (Å²) < 4.78 is 0. The van der Waals surface area contributed by atoms with Crippen molar-refractivity contribution in [3.63, 3.8) is 0 Å². The van der Waals surface area contributed by atoms with Crippen molar-refractivity contribution in [1.82, 2.24) is 0 Å². The Hall–Kier alpha value is -5.40. The first-order valence-corrected chi connectivity index (χ1v) is 18.1. The van der Waals surface area contributed by atoms with Crippen molar-refractivity contribution in [2.24, 2.45) is 5.41 Å². The van der Waals surface area contributed by atoms with Crippen LogP contribution in [0.5, 0.6) is 0 Å². The number of rotatable bonds is 7. The summed E-state index contributed by atoms with van der Waals surface area (Å²) in [6.45, 7) is 11.6. The van der Waals surface area contributed by atoms with Gasteiger partial charge in [-0.3, -0.25) is 0 Å². The van der Waals surface area contributed by atoms with Gasteiger partial charge in [-0.1, -0.05) is 161 Å². The predicted molar refractivity (Wildman–Crippen MR) is 212 cm³/mol. The highest BCUT2D eigenvalue weighted by molar-refractivity contribution is 5.92. The van der Waals surface area contributed by atoms with Gasteiger partial charge >= 0.3 is 0 Å². The van der Waals surface area contributed by atoms with Crippen LogP contribution in [0.15, 0.2) is 169 Å². The molecular weight excluding hydrogens is 603 g/mol. The van der Waals surface area contributed by atoms with Crippen molar-refractivity contribution >= 4 is 11.4 Å². The lowest BCUT2D eigenvalue weighted by Crippen LogP contribution is -2.30. The lowest BCUT2D eigenvalue weighted by molar-refractivity contribution is 0.494. The standard InChI is InChI=1S/C49H45N/c1-6-41-42(35-18-10-7-11-19-35)30-31-45-47(41)43-24-16-17-25-44(43)49(45,36-20-12-8-13-21-36)46-33-40(28-26-34(46)2)50(38-22-14-9-15-23-38)39-29-27-37(32-39)48(3,4)5/h7-31,33H,6,32H2,1-5H3. The molecule has 1 atom stereocenters. The van der Waals surface area contributed by atoms with Crippen molar-refractivity contribution in [2.45, 2.75) is 52.9 Å². The lowest BCUT2D eigenvalue weighted by atomic mass is 9.66. The van der Waals surface area contributed by atoms with E-state index in [-0.39, 0.29) is 5.41 Å². The average molecular weight is 648 g/mol. The summed E-state index contributed by atoms with van der Waals surface area (Å²) in [7, 11) is 0. The first-order chi connectivity index (χ1) is 24.3. The minimum Gasteiger partial charge on any atom is -0.314 e. The number of hydrogen-bond acceptors (Lipinski definition) is 1. The molecule has 0 spiro atoms. The molecule has 2 aliphatic rings. The molecular formula is C49H45N. The highest BCUT2D eigenvalue weighted by Crippen LogP contribution is 2.59. The molecule has 0 aromatic heterocycles. The lowest BCUT2D eigenvalue weighted by Gasteiger charge is -2.37. The summed E-state index contributed by atoms with van der Waals surface area (Å²) in [6.07, 6.45) is 6.55. The monoisotopic (exact) mass is 647 g/mol. The smallest absolute Gasteiger partial charge is 0.0716 e. The second-order valence-electron chi connectivity index (χ2n) is 14.8. The fourth-order valence-corrected chi connectivity index (χ4v) is 8.53. The largest absolute Gasteiger partial charge is 0.314 e. The Morgan fingerprint density at radius 3 is 1.94 bits per heavy atom. The van der Waals surface area contributed by atoms with Gasteiger partial charge in [0.25, 0.3) is 0 Å². The van der Waals surface area contributed by atoms with Crippen molar-refractivity contribution in [2.75, 3.05) is 4.90 Å². The number of fused-ring (bicyclic) bond motifs is 3. The Balaban J connectivity index is 1.41. The van der Waals surface area contributed by atoms with Gasteiger partial charge in [-0.2, -0.15) is 0 Å². The zero-order valence-corrected chi connectivity index (χ0v) is 29.9. The molecule has 6 aromatic carbocycles. The summed E-state index contributed by atoms with van der Waals surface area (Å²) in [6, 6.07) is 54.1. The Labute approximate surface area is 298 Å². The van der Waals surface area contributed by atoms with Gasteiger partial charge < -0.3 is 4.90 Å². The van der Waals surface area contributed by atoms with Crippen LogP contribution in [0.4, 0.5) is 11.4 Å². The molecule has 1 unspecified atom stereocenters. The van der Waals surface area contributed by atoms with E-state index in [1.807, 2.05) is 0 Å². The van der Waals surface area contributed by atoms with Crippen LogP contribution >= 0.6 is 0 Å². The van der Waals surface area contributed by atoms with Crippen LogP contribution in [0.3, 0.4) is 0 Å². The molecule has 50 heavy (non-hydrogen) atoms. The van der Waals surface area contributed by atoms with E-state index in [9.17, 15) is 0 Å². The molecule has 0 fully saturated rings. The molecule has 246 valence electrons. The van der Waals surface area contributed by atoms with Crippen LogP contribution in [0.25, 0.3) is 22.3 Å². The average Bonchev–Trinajstić information content (AvgIpc) is 3.76.